The first kappa shape index (κ1) is 13.1. The summed E-state index contributed by atoms with van der Waals surface area (Å²) < 4.78 is 0.774. The van der Waals surface area contributed by atoms with E-state index < -0.39 is 0 Å². The maximum atomic E-state index is 11.8. The fraction of sp³-hybridized carbons (Fsp3) is 0.273. The van der Waals surface area contributed by atoms with Gasteiger partial charge in [0.2, 0.25) is 0 Å². The molecule has 0 radical (unpaired) electrons. The van der Waals surface area contributed by atoms with E-state index in [0.717, 1.165) is 4.47 Å². The highest BCUT2D eigenvalue weighted by Crippen LogP contribution is 2.15. The van der Waals surface area contributed by atoms with E-state index in [2.05, 4.69) is 21.2 Å². The van der Waals surface area contributed by atoms with Crippen LogP contribution in [0, 0.1) is 5.92 Å². The number of benzene rings is 1. The first-order valence-electron chi connectivity index (χ1n) is 4.84. The summed E-state index contributed by atoms with van der Waals surface area (Å²) in [4.78, 5) is 12.2. The number of rotatable bonds is 4. The van der Waals surface area contributed by atoms with Crippen molar-refractivity contribution in [2.45, 2.75) is 6.92 Å². The van der Waals surface area contributed by atoms with E-state index in [4.69, 9.17) is 18.0 Å². The third-order valence-electron chi connectivity index (χ3n) is 2.17. The van der Waals surface area contributed by atoms with Crippen molar-refractivity contribution in [3.8, 4) is 0 Å². The molecule has 86 valence electrons. The van der Waals surface area contributed by atoms with Crippen LogP contribution in [0.3, 0.4) is 0 Å². The lowest BCUT2D eigenvalue weighted by atomic mass is 10.1. The van der Waals surface area contributed by atoms with E-state index in [1.54, 1.807) is 6.07 Å². The molecule has 1 aromatic rings. The van der Waals surface area contributed by atoms with Gasteiger partial charge in [-0.05, 0) is 28.1 Å². The summed E-state index contributed by atoms with van der Waals surface area (Å²) in [6.45, 7) is 2.33. The molecule has 0 heterocycles. The van der Waals surface area contributed by atoms with Gasteiger partial charge in [-0.2, -0.15) is 0 Å². The molecule has 1 unspecified atom stereocenters. The van der Waals surface area contributed by atoms with Gasteiger partial charge >= 0.3 is 0 Å². The predicted octanol–water partition coefficient (Wildman–Crippen LogP) is 2.10. The van der Waals surface area contributed by atoms with Crippen molar-refractivity contribution in [3.63, 3.8) is 0 Å². The van der Waals surface area contributed by atoms with Crippen LogP contribution in [-0.4, -0.2) is 17.4 Å². The number of hydrogen-bond donors (Lipinski definition) is 2. The minimum absolute atomic E-state index is 0.00133. The van der Waals surface area contributed by atoms with Crippen molar-refractivity contribution < 1.29 is 4.79 Å². The minimum atomic E-state index is -0.129. The van der Waals surface area contributed by atoms with Crippen LogP contribution >= 0.6 is 28.1 Å². The molecule has 0 saturated heterocycles. The lowest BCUT2D eigenvalue weighted by Gasteiger charge is -2.11. The average Bonchev–Trinajstić information content (AvgIpc) is 2.25. The Balaban J connectivity index is 2.60. The molecule has 3 nitrogen and oxygen atoms in total. The van der Waals surface area contributed by atoms with Gasteiger partial charge in [-0.3, -0.25) is 4.79 Å². The van der Waals surface area contributed by atoms with Gasteiger partial charge in [-0.1, -0.05) is 31.3 Å². The van der Waals surface area contributed by atoms with Crippen LogP contribution in [0.5, 0.6) is 0 Å². The summed E-state index contributed by atoms with van der Waals surface area (Å²) >= 11 is 8.15. The van der Waals surface area contributed by atoms with Crippen molar-refractivity contribution in [1.29, 1.82) is 0 Å². The molecule has 3 N–H and O–H groups in total. The van der Waals surface area contributed by atoms with E-state index in [9.17, 15) is 4.79 Å². The van der Waals surface area contributed by atoms with Crippen molar-refractivity contribution in [3.05, 3.63) is 34.3 Å². The molecule has 0 fully saturated rings. The summed E-state index contributed by atoms with van der Waals surface area (Å²) in [6.07, 6.45) is 0. The standard InChI is InChI=1S/C11H13BrN2OS/c1-7(10(13)16)6-14-11(15)8-4-2-3-5-9(8)12/h2-5,7H,6H2,1H3,(H2,13,16)(H,14,15). The van der Waals surface area contributed by atoms with E-state index in [1.807, 2.05) is 25.1 Å². The van der Waals surface area contributed by atoms with Gasteiger partial charge in [0.25, 0.3) is 5.91 Å². The van der Waals surface area contributed by atoms with Crippen LogP contribution in [0.4, 0.5) is 0 Å². The van der Waals surface area contributed by atoms with Crippen LogP contribution in [0.1, 0.15) is 17.3 Å². The zero-order chi connectivity index (χ0) is 12.1. The lowest BCUT2D eigenvalue weighted by Crippen LogP contribution is -2.33. The summed E-state index contributed by atoms with van der Waals surface area (Å²) in [5.41, 5.74) is 6.07. The van der Waals surface area contributed by atoms with Crippen molar-refractivity contribution in [2.24, 2.45) is 11.7 Å². The Hall–Kier alpha value is -0.940. The zero-order valence-corrected chi connectivity index (χ0v) is 11.3. The van der Waals surface area contributed by atoms with Crippen molar-refractivity contribution in [2.75, 3.05) is 6.54 Å². The second-order valence-electron chi connectivity index (χ2n) is 3.49. The number of hydrogen-bond acceptors (Lipinski definition) is 2. The average molecular weight is 301 g/mol. The molecule has 1 aromatic carbocycles. The van der Waals surface area contributed by atoms with Crippen molar-refractivity contribution >= 4 is 39.0 Å². The molecule has 0 aromatic heterocycles. The number of nitrogens with one attached hydrogen (secondary N) is 1. The molecule has 0 spiro atoms. The van der Waals surface area contributed by atoms with E-state index in [0.29, 0.717) is 17.1 Å². The van der Waals surface area contributed by atoms with Crippen LogP contribution in [0.25, 0.3) is 0 Å². The molecule has 0 aliphatic rings. The number of carbonyl (C=O) groups excluding carboxylic acids is 1. The number of halogens is 1. The van der Waals surface area contributed by atoms with E-state index in [1.165, 1.54) is 0 Å². The molecule has 0 bridgehead atoms. The van der Waals surface area contributed by atoms with Crippen LogP contribution in [0.2, 0.25) is 0 Å². The normalized spacial score (nSPS) is 11.9. The molecule has 16 heavy (non-hydrogen) atoms. The molecule has 0 saturated carbocycles. The number of thiocarbonyl (C=S) groups is 1. The zero-order valence-electron chi connectivity index (χ0n) is 8.87. The maximum absolute atomic E-state index is 11.8. The van der Waals surface area contributed by atoms with Gasteiger partial charge in [0.15, 0.2) is 0 Å². The number of amides is 1. The molecular weight excluding hydrogens is 288 g/mol. The molecule has 1 amide bonds. The number of carbonyl (C=O) groups is 1. The molecule has 0 aliphatic carbocycles. The summed E-state index contributed by atoms with van der Waals surface area (Å²) in [6, 6.07) is 7.26. The highest BCUT2D eigenvalue weighted by molar-refractivity contribution is 9.10. The van der Waals surface area contributed by atoms with E-state index in [-0.39, 0.29) is 11.8 Å². The SMILES string of the molecule is CC(CNC(=O)c1ccccc1Br)C(N)=S. The summed E-state index contributed by atoms with van der Waals surface area (Å²) in [7, 11) is 0. The van der Waals surface area contributed by atoms with Crippen LogP contribution in [0.15, 0.2) is 28.7 Å². The Kier molecular flexibility index (Phi) is 4.89. The molecule has 1 atom stereocenters. The lowest BCUT2D eigenvalue weighted by molar-refractivity contribution is 0.0950. The smallest absolute Gasteiger partial charge is 0.252 e. The topological polar surface area (TPSA) is 55.1 Å². The molecule has 0 aliphatic heterocycles. The third kappa shape index (κ3) is 3.57. The van der Waals surface area contributed by atoms with Gasteiger partial charge < -0.3 is 11.1 Å². The Morgan fingerprint density at radius 3 is 2.75 bits per heavy atom. The number of nitrogens with two attached hydrogens (primary N) is 1. The first-order valence-corrected chi connectivity index (χ1v) is 6.04. The van der Waals surface area contributed by atoms with Crippen LogP contribution in [-0.2, 0) is 0 Å². The Morgan fingerprint density at radius 2 is 2.19 bits per heavy atom. The maximum Gasteiger partial charge on any atom is 0.252 e. The van der Waals surface area contributed by atoms with Gasteiger partial charge in [-0.25, -0.2) is 0 Å². The Bertz CT molecular complexity index is 409. The first-order chi connectivity index (χ1) is 7.52. The van der Waals surface area contributed by atoms with Gasteiger partial charge in [0.1, 0.15) is 0 Å². The second kappa shape index (κ2) is 5.96. The monoisotopic (exact) mass is 300 g/mol. The predicted molar refractivity (Wildman–Crippen MR) is 72.4 cm³/mol. The molecular formula is C11H13BrN2OS. The highest BCUT2D eigenvalue weighted by Gasteiger charge is 2.11. The van der Waals surface area contributed by atoms with Gasteiger partial charge in [-0.15, -0.1) is 0 Å². The highest BCUT2D eigenvalue weighted by atomic mass is 79.9. The molecule has 1 rings (SSSR count). The summed E-state index contributed by atoms with van der Waals surface area (Å²) in [5, 5.41) is 2.78. The van der Waals surface area contributed by atoms with Crippen molar-refractivity contribution in [1.82, 2.24) is 5.32 Å². The fourth-order valence-corrected chi connectivity index (χ4v) is 1.64. The van der Waals surface area contributed by atoms with Crippen LogP contribution < -0.4 is 11.1 Å². The van der Waals surface area contributed by atoms with Gasteiger partial charge in [0.05, 0.1) is 10.6 Å². The largest absolute Gasteiger partial charge is 0.393 e. The Labute approximate surface area is 109 Å². The summed E-state index contributed by atoms with van der Waals surface area (Å²) in [5.74, 6) is -0.128. The third-order valence-corrected chi connectivity index (χ3v) is 3.27. The fourth-order valence-electron chi connectivity index (χ4n) is 1.09. The Morgan fingerprint density at radius 1 is 1.56 bits per heavy atom. The quantitative estimate of drug-likeness (QED) is 0.837. The second-order valence-corrected chi connectivity index (χ2v) is 4.82. The van der Waals surface area contributed by atoms with Gasteiger partial charge in [0, 0.05) is 16.9 Å². The minimum Gasteiger partial charge on any atom is -0.393 e. The van der Waals surface area contributed by atoms with E-state index >= 15 is 0 Å². The molecule has 5 heteroatoms.